The summed E-state index contributed by atoms with van der Waals surface area (Å²) in [6, 6.07) is 28.7. The third kappa shape index (κ3) is 6.44. The van der Waals surface area contributed by atoms with Crippen molar-refractivity contribution in [3.8, 4) is 5.75 Å². The third-order valence-corrected chi connectivity index (χ3v) is 6.08. The van der Waals surface area contributed by atoms with E-state index < -0.39 is 6.09 Å². The average molecular weight is 445 g/mol. The fraction of sp³-hybridized carbons (Fsp3) is 0.321. The van der Waals surface area contributed by atoms with Crippen LogP contribution in [0.15, 0.2) is 84.9 Å². The van der Waals surface area contributed by atoms with E-state index in [-0.39, 0.29) is 12.3 Å². The number of likely N-dealkylation sites (tertiary alicyclic amines) is 1. The molecule has 1 heterocycles. The van der Waals surface area contributed by atoms with Gasteiger partial charge in [0.15, 0.2) is 0 Å². The molecule has 1 aliphatic heterocycles. The van der Waals surface area contributed by atoms with Crippen LogP contribution in [0.25, 0.3) is 0 Å². The molecule has 0 unspecified atom stereocenters. The van der Waals surface area contributed by atoms with Crippen molar-refractivity contribution in [2.75, 3.05) is 20.1 Å². The summed E-state index contributed by atoms with van der Waals surface area (Å²) in [6.07, 6.45) is 3.88. The number of benzene rings is 3. The van der Waals surface area contributed by atoms with Crippen LogP contribution in [0.4, 0.5) is 4.79 Å². The molecule has 0 saturated carbocycles. The van der Waals surface area contributed by atoms with Crippen LogP contribution in [-0.2, 0) is 11.2 Å². The lowest BCUT2D eigenvalue weighted by Gasteiger charge is -2.38. The van der Waals surface area contributed by atoms with Crippen LogP contribution in [0.2, 0.25) is 0 Å². The normalized spacial score (nSPS) is 16.5. The Bertz CT molecular complexity index is 953. The number of ether oxygens (including phenoxy) is 2. The van der Waals surface area contributed by atoms with Crippen LogP contribution >= 0.6 is 0 Å². The van der Waals surface area contributed by atoms with Crippen LogP contribution in [0.5, 0.6) is 5.75 Å². The Kier molecular flexibility index (Phi) is 8.12. The van der Waals surface area contributed by atoms with E-state index in [9.17, 15) is 4.79 Å². The van der Waals surface area contributed by atoms with Gasteiger partial charge < -0.3 is 14.8 Å². The number of hydrogen-bond donors (Lipinski definition) is 1. The molecule has 0 aliphatic carbocycles. The number of hydrogen-bond acceptors (Lipinski definition) is 4. The maximum absolute atomic E-state index is 11.4. The van der Waals surface area contributed by atoms with Crippen LogP contribution in [0.1, 0.15) is 42.1 Å². The number of amides is 1. The monoisotopic (exact) mass is 444 g/mol. The minimum atomic E-state index is -0.456. The molecule has 1 aliphatic rings. The fourth-order valence-electron chi connectivity index (χ4n) is 4.29. The molecular weight excluding hydrogens is 412 g/mol. The average Bonchev–Trinajstić information content (AvgIpc) is 2.88. The maximum atomic E-state index is 11.4. The largest absolute Gasteiger partial charge is 0.412 e. The molecule has 1 N–H and O–H groups in total. The highest BCUT2D eigenvalue weighted by Gasteiger charge is 2.27. The summed E-state index contributed by atoms with van der Waals surface area (Å²) in [5.41, 5.74) is 3.58. The molecule has 0 bridgehead atoms. The van der Waals surface area contributed by atoms with Gasteiger partial charge in [0.05, 0.1) is 0 Å². The smallest absolute Gasteiger partial charge is 0.410 e. The second kappa shape index (κ2) is 11.6. The Morgan fingerprint density at radius 3 is 2.18 bits per heavy atom. The first-order chi connectivity index (χ1) is 16.2. The SMILES string of the molecule is CNC(=O)Oc1ccc(CCN2CCCC[C@H]2OC(c2ccccc2)c2ccccc2)cc1. The van der Waals surface area contributed by atoms with Gasteiger partial charge in [0.1, 0.15) is 18.1 Å². The lowest BCUT2D eigenvalue weighted by molar-refractivity contribution is -0.105. The Labute approximate surface area is 196 Å². The minimum absolute atomic E-state index is 0.0834. The maximum Gasteiger partial charge on any atom is 0.412 e. The van der Waals surface area contributed by atoms with Gasteiger partial charge in [0.25, 0.3) is 0 Å². The van der Waals surface area contributed by atoms with E-state index in [1.165, 1.54) is 29.5 Å². The summed E-state index contributed by atoms with van der Waals surface area (Å²) in [5.74, 6) is 0.547. The lowest BCUT2D eigenvalue weighted by atomic mass is 10.0. The highest BCUT2D eigenvalue weighted by Crippen LogP contribution is 2.31. The van der Waals surface area contributed by atoms with E-state index in [4.69, 9.17) is 9.47 Å². The van der Waals surface area contributed by atoms with E-state index >= 15 is 0 Å². The molecule has 5 nitrogen and oxygen atoms in total. The zero-order chi connectivity index (χ0) is 22.9. The van der Waals surface area contributed by atoms with Gasteiger partial charge in [-0.25, -0.2) is 4.79 Å². The molecule has 3 aromatic carbocycles. The van der Waals surface area contributed by atoms with Gasteiger partial charge in [-0.3, -0.25) is 4.90 Å². The second-order valence-electron chi connectivity index (χ2n) is 8.36. The first kappa shape index (κ1) is 23.0. The fourth-order valence-corrected chi connectivity index (χ4v) is 4.29. The standard InChI is InChI=1S/C28H32N2O3/c1-29-28(31)32-25-17-15-22(16-18-25)19-21-30-20-9-8-14-26(30)33-27(23-10-4-2-5-11-23)24-12-6-3-7-13-24/h2-7,10-13,15-18,26-27H,8-9,14,19-21H2,1H3,(H,29,31)/t26-/m1/s1. The molecule has 0 radical (unpaired) electrons. The Morgan fingerprint density at radius 1 is 0.939 bits per heavy atom. The van der Waals surface area contributed by atoms with E-state index in [1.807, 2.05) is 36.4 Å². The summed E-state index contributed by atoms with van der Waals surface area (Å²) in [4.78, 5) is 13.8. The predicted molar refractivity (Wildman–Crippen MR) is 130 cm³/mol. The summed E-state index contributed by atoms with van der Waals surface area (Å²) < 4.78 is 12.0. The van der Waals surface area contributed by atoms with Gasteiger partial charge in [-0.1, -0.05) is 72.8 Å². The molecule has 1 fully saturated rings. The van der Waals surface area contributed by atoms with Crippen LogP contribution in [-0.4, -0.2) is 37.4 Å². The van der Waals surface area contributed by atoms with E-state index in [0.29, 0.717) is 5.75 Å². The summed E-state index contributed by atoms with van der Waals surface area (Å²) in [5, 5.41) is 2.46. The van der Waals surface area contributed by atoms with Gasteiger partial charge in [-0.05, 0) is 54.5 Å². The first-order valence-electron chi connectivity index (χ1n) is 11.7. The molecule has 33 heavy (non-hydrogen) atoms. The van der Waals surface area contributed by atoms with Gasteiger partial charge in [0, 0.05) is 20.1 Å². The van der Waals surface area contributed by atoms with Crippen molar-refractivity contribution in [2.24, 2.45) is 0 Å². The minimum Gasteiger partial charge on any atom is -0.410 e. The Hall–Kier alpha value is -3.15. The highest BCUT2D eigenvalue weighted by molar-refractivity contribution is 5.69. The Balaban J connectivity index is 1.42. The first-order valence-corrected chi connectivity index (χ1v) is 11.7. The molecular formula is C28H32N2O3. The molecule has 172 valence electrons. The van der Waals surface area contributed by atoms with Gasteiger partial charge >= 0.3 is 6.09 Å². The van der Waals surface area contributed by atoms with E-state index in [2.05, 4.69) is 58.7 Å². The van der Waals surface area contributed by atoms with Crippen molar-refractivity contribution in [1.82, 2.24) is 10.2 Å². The zero-order valence-corrected chi connectivity index (χ0v) is 19.2. The van der Waals surface area contributed by atoms with Crippen molar-refractivity contribution < 1.29 is 14.3 Å². The molecule has 1 amide bonds. The van der Waals surface area contributed by atoms with Crippen molar-refractivity contribution in [1.29, 1.82) is 0 Å². The van der Waals surface area contributed by atoms with Gasteiger partial charge in [0.2, 0.25) is 0 Å². The van der Waals surface area contributed by atoms with E-state index in [0.717, 1.165) is 25.9 Å². The topological polar surface area (TPSA) is 50.8 Å². The number of rotatable bonds is 8. The predicted octanol–water partition coefficient (Wildman–Crippen LogP) is 5.57. The number of nitrogens with zero attached hydrogens (tertiary/aromatic N) is 1. The van der Waals surface area contributed by atoms with Gasteiger partial charge in [-0.15, -0.1) is 0 Å². The molecule has 0 spiro atoms. The van der Waals surface area contributed by atoms with Crippen LogP contribution in [0.3, 0.4) is 0 Å². The summed E-state index contributed by atoms with van der Waals surface area (Å²) in [6.45, 7) is 1.97. The van der Waals surface area contributed by atoms with Gasteiger partial charge in [-0.2, -0.15) is 0 Å². The van der Waals surface area contributed by atoms with Crippen LogP contribution in [0, 0.1) is 0 Å². The molecule has 1 saturated heterocycles. The quantitative estimate of drug-likeness (QED) is 0.494. The number of piperidine rings is 1. The number of carbonyl (C=O) groups excluding carboxylic acids is 1. The molecule has 5 heteroatoms. The van der Waals surface area contributed by atoms with E-state index in [1.54, 1.807) is 7.05 Å². The van der Waals surface area contributed by atoms with Crippen molar-refractivity contribution in [2.45, 2.75) is 38.0 Å². The van der Waals surface area contributed by atoms with Crippen molar-refractivity contribution >= 4 is 6.09 Å². The van der Waals surface area contributed by atoms with Crippen LogP contribution < -0.4 is 10.1 Å². The highest BCUT2D eigenvalue weighted by atomic mass is 16.6. The molecule has 1 atom stereocenters. The summed E-state index contributed by atoms with van der Waals surface area (Å²) in [7, 11) is 1.55. The van der Waals surface area contributed by atoms with Crippen molar-refractivity contribution in [3.05, 3.63) is 102 Å². The molecule has 0 aromatic heterocycles. The number of carbonyl (C=O) groups is 1. The third-order valence-electron chi connectivity index (χ3n) is 6.08. The molecule has 3 aromatic rings. The Morgan fingerprint density at radius 2 is 1.58 bits per heavy atom. The zero-order valence-electron chi connectivity index (χ0n) is 19.2. The molecule has 4 rings (SSSR count). The number of nitrogens with one attached hydrogen (secondary N) is 1. The van der Waals surface area contributed by atoms with Crippen molar-refractivity contribution in [3.63, 3.8) is 0 Å². The second-order valence-corrected chi connectivity index (χ2v) is 8.36. The lowest BCUT2D eigenvalue weighted by Crippen LogP contribution is -2.43. The summed E-state index contributed by atoms with van der Waals surface area (Å²) >= 11 is 0.